The molecule has 0 saturated heterocycles. The molecule has 0 radical (unpaired) electrons. The molecule has 3 heterocycles. The van der Waals surface area contributed by atoms with Crippen molar-refractivity contribution in [2.45, 2.75) is 58.5 Å². The van der Waals surface area contributed by atoms with Crippen LogP contribution in [-0.2, 0) is 6.54 Å². The number of ether oxygens (including phenoxy) is 1. The standard InChI is InChI=1S/C23H27Cl2N5O2/c1-4-28-20(31)18-19(30-13-23(27-21(28)30)8-6-7-9-23)26-22(32-5-2)29(18)12-15-10-16(24)14(3)17(25)11-15/h10-11H,4-9,12-13H2,1-3H3. The first kappa shape index (κ1) is 21.6. The molecule has 9 heteroatoms. The largest absolute Gasteiger partial charge is 0.465 e. The van der Waals surface area contributed by atoms with Crippen molar-refractivity contribution >= 4 is 40.9 Å². The Bertz CT molecular complexity index is 1100. The zero-order chi connectivity index (χ0) is 22.6. The second-order valence-electron chi connectivity index (χ2n) is 8.75. The summed E-state index contributed by atoms with van der Waals surface area (Å²) in [5.74, 6) is 1.26. The number of fused-ring (bicyclic) bond motifs is 3. The van der Waals surface area contributed by atoms with E-state index in [0.29, 0.717) is 47.3 Å². The molecule has 32 heavy (non-hydrogen) atoms. The molecular formula is C23H27Cl2N5O2. The SMILES string of the molecule is CCOc1nc2c(n1Cc1cc(Cl)c(C)c(Cl)c1)C(=O)N(CC)C1=NC3(CCCC3)CN12. The Labute approximate surface area is 198 Å². The van der Waals surface area contributed by atoms with Gasteiger partial charge in [-0.25, -0.2) is 4.99 Å². The predicted octanol–water partition coefficient (Wildman–Crippen LogP) is 4.91. The van der Waals surface area contributed by atoms with Crippen LogP contribution in [0.3, 0.4) is 0 Å². The van der Waals surface area contributed by atoms with Gasteiger partial charge in [0, 0.05) is 16.6 Å². The molecule has 5 rings (SSSR count). The summed E-state index contributed by atoms with van der Waals surface area (Å²) in [5, 5.41) is 1.19. The molecule has 0 unspecified atom stereocenters. The van der Waals surface area contributed by atoms with E-state index in [0.717, 1.165) is 36.5 Å². The van der Waals surface area contributed by atoms with Crippen LogP contribution in [0.5, 0.6) is 6.01 Å². The van der Waals surface area contributed by atoms with Gasteiger partial charge in [0.1, 0.15) is 0 Å². The maximum absolute atomic E-state index is 13.7. The van der Waals surface area contributed by atoms with Gasteiger partial charge in [-0.2, -0.15) is 4.98 Å². The highest BCUT2D eigenvalue weighted by Gasteiger charge is 2.49. The number of hydrogen-bond acceptors (Lipinski definition) is 5. The first-order valence-electron chi connectivity index (χ1n) is 11.2. The van der Waals surface area contributed by atoms with Gasteiger partial charge < -0.3 is 4.74 Å². The van der Waals surface area contributed by atoms with Gasteiger partial charge in [0.15, 0.2) is 11.5 Å². The van der Waals surface area contributed by atoms with E-state index < -0.39 is 0 Å². The number of nitrogens with zero attached hydrogens (tertiary/aromatic N) is 5. The van der Waals surface area contributed by atoms with Crippen LogP contribution in [0.2, 0.25) is 10.0 Å². The lowest BCUT2D eigenvalue weighted by Crippen LogP contribution is -2.51. The minimum Gasteiger partial charge on any atom is -0.465 e. The molecule has 1 spiro atoms. The van der Waals surface area contributed by atoms with Gasteiger partial charge >= 0.3 is 0 Å². The molecule has 2 aliphatic heterocycles. The Morgan fingerprint density at radius 3 is 2.47 bits per heavy atom. The Morgan fingerprint density at radius 2 is 1.84 bits per heavy atom. The number of aliphatic imine (C=N–C) groups is 1. The number of carbonyl (C=O) groups is 1. The lowest BCUT2D eigenvalue weighted by molar-refractivity contribution is 0.0835. The highest BCUT2D eigenvalue weighted by atomic mass is 35.5. The maximum Gasteiger partial charge on any atom is 0.299 e. The first-order chi connectivity index (χ1) is 15.4. The van der Waals surface area contributed by atoms with E-state index in [4.69, 9.17) is 37.9 Å². The number of carbonyl (C=O) groups excluding carboxylic acids is 1. The number of rotatable bonds is 5. The zero-order valence-electron chi connectivity index (χ0n) is 18.6. The summed E-state index contributed by atoms with van der Waals surface area (Å²) in [5.41, 5.74) is 2.13. The van der Waals surface area contributed by atoms with Gasteiger partial charge in [-0.1, -0.05) is 36.0 Å². The maximum atomic E-state index is 13.7. The number of aromatic nitrogens is 2. The van der Waals surface area contributed by atoms with Crippen molar-refractivity contribution in [3.05, 3.63) is 39.0 Å². The Kier molecular flexibility index (Phi) is 5.37. The van der Waals surface area contributed by atoms with Crippen molar-refractivity contribution in [1.82, 2.24) is 14.5 Å². The average Bonchev–Trinajstić information content (AvgIpc) is 3.46. The molecule has 0 atom stereocenters. The van der Waals surface area contributed by atoms with E-state index in [9.17, 15) is 4.79 Å². The molecule has 1 amide bonds. The predicted molar refractivity (Wildman–Crippen MR) is 126 cm³/mol. The van der Waals surface area contributed by atoms with Crippen molar-refractivity contribution in [2.75, 3.05) is 24.6 Å². The van der Waals surface area contributed by atoms with Crippen molar-refractivity contribution in [3.8, 4) is 6.01 Å². The number of halogens is 2. The monoisotopic (exact) mass is 475 g/mol. The summed E-state index contributed by atoms with van der Waals surface area (Å²) in [4.78, 5) is 27.4. The summed E-state index contributed by atoms with van der Waals surface area (Å²) in [6.45, 7) is 7.90. The molecule has 3 aliphatic rings. The Hall–Kier alpha value is -2.25. The average molecular weight is 476 g/mol. The van der Waals surface area contributed by atoms with E-state index in [1.54, 1.807) is 4.90 Å². The Morgan fingerprint density at radius 1 is 1.16 bits per heavy atom. The minimum absolute atomic E-state index is 0.102. The van der Waals surface area contributed by atoms with E-state index in [1.807, 2.05) is 37.5 Å². The van der Waals surface area contributed by atoms with Crippen LogP contribution >= 0.6 is 23.2 Å². The number of amides is 1. The Balaban J connectivity index is 1.62. The van der Waals surface area contributed by atoms with Gasteiger partial charge in [0.25, 0.3) is 11.9 Å². The van der Waals surface area contributed by atoms with Crippen LogP contribution in [0, 0.1) is 6.92 Å². The van der Waals surface area contributed by atoms with E-state index in [2.05, 4.69) is 4.90 Å². The summed E-state index contributed by atoms with van der Waals surface area (Å²) in [7, 11) is 0. The first-order valence-corrected chi connectivity index (χ1v) is 12.0. The van der Waals surface area contributed by atoms with Crippen LogP contribution in [0.4, 0.5) is 5.82 Å². The molecule has 1 saturated carbocycles. The molecule has 170 valence electrons. The second-order valence-corrected chi connectivity index (χ2v) is 9.56. The number of benzene rings is 1. The summed E-state index contributed by atoms with van der Waals surface area (Å²) in [6, 6.07) is 4.18. The molecule has 1 fully saturated rings. The topological polar surface area (TPSA) is 63.0 Å². The van der Waals surface area contributed by atoms with Gasteiger partial charge in [-0.15, -0.1) is 0 Å². The van der Waals surface area contributed by atoms with Crippen LogP contribution in [0.15, 0.2) is 17.1 Å². The fourth-order valence-electron chi connectivity index (χ4n) is 5.03. The van der Waals surface area contributed by atoms with Gasteiger partial charge in [0.2, 0.25) is 5.96 Å². The third kappa shape index (κ3) is 3.28. The smallest absolute Gasteiger partial charge is 0.299 e. The number of hydrogen-bond donors (Lipinski definition) is 0. The zero-order valence-corrected chi connectivity index (χ0v) is 20.1. The molecule has 0 N–H and O–H groups in total. The third-order valence-electron chi connectivity index (χ3n) is 6.70. The molecular weight excluding hydrogens is 449 g/mol. The molecule has 0 bridgehead atoms. The fourth-order valence-corrected chi connectivity index (χ4v) is 5.56. The minimum atomic E-state index is -0.113. The molecule has 1 aromatic carbocycles. The molecule has 1 aromatic heterocycles. The lowest BCUT2D eigenvalue weighted by Gasteiger charge is -2.33. The van der Waals surface area contributed by atoms with Gasteiger partial charge in [0.05, 0.1) is 25.2 Å². The van der Waals surface area contributed by atoms with Crippen molar-refractivity contribution in [3.63, 3.8) is 0 Å². The summed E-state index contributed by atoms with van der Waals surface area (Å²) < 4.78 is 7.72. The molecule has 2 aromatic rings. The van der Waals surface area contributed by atoms with Crippen LogP contribution < -0.4 is 9.64 Å². The highest BCUT2D eigenvalue weighted by molar-refractivity contribution is 6.36. The number of anilines is 1. The summed E-state index contributed by atoms with van der Waals surface area (Å²) >= 11 is 12.8. The highest BCUT2D eigenvalue weighted by Crippen LogP contribution is 2.43. The number of guanidine groups is 1. The molecule has 1 aliphatic carbocycles. The second kappa shape index (κ2) is 7.96. The fraction of sp³-hybridized carbons (Fsp3) is 0.522. The van der Waals surface area contributed by atoms with E-state index in [-0.39, 0.29) is 11.4 Å². The van der Waals surface area contributed by atoms with Crippen molar-refractivity contribution < 1.29 is 9.53 Å². The quantitative estimate of drug-likeness (QED) is 0.615. The van der Waals surface area contributed by atoms with E-state index in [1.165, 1.54) is 12.8 Å². The normalized spacial score (nSPS) is 18.9. The van der Waals surface area contributed by atoms with Crippen molar-refractivity contribution in [2.24, 2.45) is 4.99 Å². The van der Waals surface area contributed by atoms with E-state index >= 15 is 0 Å². The molecule has 7 nitrogen and oxygen atoms in total. The van der Waals surface area contributed by atoms with Gasteiger partial charge in [-0.3, -0.25) is 19.2 Å². The van der Waals surface area contributed by atoms with Crippen LogP contribution in [0.25, 0.3) is 0 Å². The summed E-state index contributed by atoms with van der Waals surface area (Å²) in [6.07, 6.45) is 4.44. The number of imidazole rings is 1. The van der Waals surface area contributed by atoms with Crippen LogP contribution in [-0.4, -0.2) is 51.6 Å². The lowest BCUT2D eigenvalue weighted by atomic mass is 9.99. The van der Waals surface area contributed by atoms with Crippen LogP contribution in [0.1, 0.15) is 61.1 Å². The van der Waals surface area contributed by atoms with Crippen molar-refractivity contribution in [1.29, 1.82) is 0 Å². The third-order valence-corrected chi connectivity index (χ3v) is 7.48. The van der Waals surface area contributed by atoms with Gasteiger partial charge in [-0.05, 0) is 56.9 Å².